The minimum absolute atomic E-state index is 0.0687. The Bertz CT molecular complexity index is 1060. The van der Waals surface area contributed by atoms with E-state index in [1.807, 2.05) is 25.1 Å². The van der Waals surface area contributed by atoms with Crippen LogP contribution in [0.5, 0.6) is 5.75 Å². The molecular weight excluding hydrogens is 386 g/mol. The van der Waals surface area contributed by atoms with E-state index >= 15 is 0 Å². The van der Waals surface area contributed by atoms with E-state index in [4.69, 9.17) is 9.47 Å². The highest BCUT2D eigenvalue weighted by Gasteiger charge is 2.59. The molecule has 0 unspecified atom stereocenters. The summed E-state index contributed by atoms with van der Waals surface area (Å²) in [6, 6.07) is 13.2. The Kier molecular flexibility index (Phi) is 4.99. The summed E-state index contributed by atoms with van der Waals surface area (Å²) in [6.07, 6.45) is 0. The van der Waals surface area contributed by atoms with Crippen molar-refractivity contribution in [3.8, 4) is 5.75 Å². The molecule has 0 bridgehead atoms. The highest BCUT2D eigenvalue weighted by Crippen LogP contribution is 2.41. The number of para-hydroxylation sites is 3. The molecule has 1 fully saturated rings. The minimum Gasteiger partial charge on any atom is -0.495 e. The first-order chi connectivity index (χ1) is 14.5. The highest BCUT2D eigenvalue weighted by atomic mass is 16.5. The van der Waals surface area contributed by atoms with Crippen LogP contribution in [0, 0.1) is 12.8 Å². The van der Waals surface area contributed by atoms with E-state index < -0.39 is 29.7 Å². The number of aryl methyl sites for hydroxylation is 1. The molecular formula is C22H21N3O5. The third-order valence-corrected chi connectivity index (χ3v) is 5.22. The largest absolute Gasteiger partial charge is 0.495 e. The number of amides is 2. The van der Waals surface area contributed by atoms with Crippen molar-refractivity contribution in [2.24, 2.45) is 11.0 Å². The molecule has 0 saturated carbocycles. The number of hydrogen-bond donors (Lipinski definition) is 0. The average Bonchev–Trinajstić information content (AvgIpc) is 3.25. The zero-order chi connectivity index (χ0) is 21.4. The van der Waals surface area contributed by atoms with E-state index in [9.17, 15) is 14.4 Å². The number of anilines is 2. The zero-order valence-corrected chi connectivity index (χ0v) is 16.9. The van der Waals surface area contributed by atoms with Crippen molar-refractivity contribution in [3.63, 3.8) is 0 Å². The van der Waals surface area contributed by atoms with Crippen LogP contribution in [0.3, 0.4) is 0 Å². The molecule has 8 nitrogen and oxygen atoms in total. The van der Waals surface area contributed by atoms with Gasteiger partial charge in [0, 0.05) is 0 Å². The van der Waals surface area contributed by atoms with Crippen LogP contribution in [0.1, 0.15) is 12.5 Å². The molecule has 0 radical (unpaired) electrons. The summed E-state index contributed by atoms with van der Waals surface area (Å²) < 4.78 is 10.5. The number of ether oxygens (including phenoxy) is 2. The van der Waals surface area contributed by atoms with Gasteiger partial charge in [0.25, 0.3) is 5.91 Å². The molecule has 2 aliphatic heterocycles. The average molecular weight is 407 g/mol. The van der Waals surface area contributed by atoms with Crippen LogP contribution in [0.15, 0.2) is 53.6 Å². The molecule has 4 rings (SSSR count). The van der Waals surface area contributed by atoms with Gasteiger partial charge in [0.2, 0.25) is 5.91 Å². The molecule has 0 aliphatic carbocycles. The first kappa shape index (κ1) is 19.6. The van der Waals surface area contributed by atoms with E-state index in [1.165, 1.54) is 12.1 Å². The molecule has 2 aromatic rings. The fourth-order valence-electron chi connectivity index (χ4n) is 3.86. The molecule has 2 aromatic carbocycles. The van der Waals surface area contributed by atoms with Gasteiger partial charge in [0.1, 0.15) is 17.7 Å². The van der Waals surface area contributed by atoms with E-state index in [1.54, 1.807) is 37.3 Å². The van der Waals surface area contributed by atoms with E-state index in [2.05, 4.69) is 5.10 Å². The lowest BCUT2D eigenvalue weighted by molar-refractivity contribution is -0.136. The molecule has 0 aromatic heterocycles. The second kappa shape index (κ2) is 7.62. The lowest BCUT2D eigenvalue weighted by Crippen LogP contribution is -2.39. The molecule has 2 amide bonds. The smallest absolute Gasteiger partial charge is 0.355 e. The maximum Gasteiger partial charge on any atom is 0.355 e. The summed E-state index contributed by atoms with van der Waals surface area (Å²) in [7, 11) is 1.47. The Morgan fingerprint density at radius 2 is 1.70 bits per heavy atom. The van der Waals surface area contributed by atoms with Crippen LogP contribution in [0.4, 0.5) is 11.4 Å². The SMILES string of the molecule is CCOC(=O)C1=NN(c2ccccc2C)[C@H]2C(=O)N(c3ccccc3OC)C(=O)[C@H]12. The number of imide groups is 1. The highest BCUT2D eigenvalue weighted by molar-refractivity contribution is 6.47. The fourth-order valence-corrected chi connectivity index (χ4v) is 3.86. The fraction of sp³-hybridized carbons (Fsp3) is 0.273. The number of carbonyl (C=O) groups is 3. The lowest BCUT2D eigenvalue weighted by atomic mass is 9.97. The van der Waals surface area contributed by atoms with Crippen molar-refractivity contribution in [3.05, 3.63) is 54.1 Å². The Morgan fingerprint density at radius 1 is 1.03 bits per heavy atom. The van der Waals surface area contributed by atoms with E-state index in [0.29, 0.717) is 17.1 Å². The maximum absolute atomic E-state index is 13.5. The van der Waals surface area contributed by atoms with E-state index in [-0.39, 0.29) is 12.3 Å². The van der Waals surface area contributed by atoms with Crippen molar-refractivity contribution >= 4 is 34.9 Å². The topological polar surface area (TPSA) is 88.5 Å². The number of nitrogens with zero attached hydrogens (tertiary/aromatic N) is 3. The van der Waals surface area contributed by atoms with Crippen molar-refractivity contribution in [1.82, 2.24) is 0 Å². The van der Waals surface area contributed by atoms with Crippen molar-refractivity contribution < 1.29 is 23.9 Å². The van der Waals surface area contributed by atoms with Crippen LogP contribution in [-0.2, 0) is 19.1 Å². The second-order valence-corrected chi connectivity index (χ2v) is 6.94. The third kappa shape index (κ3) is 2.92. The number of carbonyl (C=O) groups excluding carboxylic acids is 3. The first-order valence-electron chi connectivity index (χ1n) is 9.60. The lowest BCUT2D eigenvalue weighted by Gasteiger charge is -2.24. The summed E-state index contributed by atoms with van der Waals surface area (Å²) in [5, 5.41) is 5.83. The number of hydrazone groups is 1. The van der Waals surface area contributed by atoms with Crippen LogP contribution in [0.25, 0.3) is 0 Å². The summed E-state index contributed by atoms with van der Waals surface area (Å²) in [6.45, 7) is 3.69. The predicted molar refractivity (Wildman–Crippen MR) is 110 cm³/mol. The summed E-state index contributed by atoms with van der Waals surface area (Å²) in [5.74, 6) is -2.37. The van der Waals surface area contributed by atoms with Gasteiger partial charge in [-0.3, -0.25) is 14.6 Å². The first-order valence-corrected chi connectivity index (χ1v) is 9.60. The minimum atomic E-state index is -1.05. The second-order valence-electron chi connectivity index (χ2n) is 6.94. The number of hydrogen-bond acceptors (Lipinski definition) is 7. The van der Waals surface area contributed by atoms with Gasteiger partial charge in [-0.2, -0.15) is 5.10 Å². The Labute approximate surface area is 173 Å². The Balaban J connectivity index is 1.83. The summed E-state index contributed by atoms with van der Waals surface area (Å²) in [4.78, 5) is 40.5. The van der Waals surface area contributed by atoms with Crippen LogP contribution >= 0.6 is 0 Å². The quantitative estimate of drug-likeness (QED) is 0.558. The summed E-state index contributed by atoms with van der Waals surface area (Å²) >= 11 is 0. The molecule has 2 heterocycles. The molecule has 30 heavy (non-hydrogen) atoms. The van der Waals surface area contributed by atoms with Crippen LogP contribution in [-0.4, -0.2) is 43.3 Å². The van der Waals surface area contributed by atoms with Gasteiger partial charge >= 0.3 is 5.97 Å². The van der Waals surface area contributed by atoms with Gasteiger partial charge in [-0.15, -0.1) is 0 Å². The number of rotatable bonds is 5. The van der Waals surface area contributed by atoms with Gasteiger partial charge in [-0.05, 0) is 37.6 Å². The monoisotopic (exact) mass is 407 g/mol. The van der Waals surface area contributed by atoms with Gasteiger partial charge < -0.3 is 9.47 Å². The summed E-state index contributed by atoms with van der Waals surface area (Å²) in [5.41, 5.74) is 1.77. The van der Waals surface area contributed by atoms with Crippen molar-refractivity contribution in [1.29, 1.82) is 0 Å². The normalized spacial score (nSPS) is 20.3. The van der Waals surface area contributed by atoms with Crippen molar-refractivity contribution in [2.45, 2.75) is 19.9 Å². The molecule has 0 N–H and O–H groups in total. The van der Waals surface area contributed by atoms with Gasteiger partial charge in [0.15, 0.2) is 5.71 Å². The Morgan fingerprint density at radius 3 is 2.37 bits per heavy atom. The number of esters is 1. The third-order valence-electron chi connectivity index (χ3n) is 5.22. The van der Waals surface area contributed by atoms with Crippen LogP contribution in [0.2, 0.25) is 0 Å². The number of fused-ring (bicyclic) bond motifs is 1. The number of methoxy groups -OCH3 is 1. The Hall–Kier alpha value is -3.68. The van der Waals surface area contributed by atoms with Gasteiger partial charge in [-0.25, -0.2) is 9.69 Å². The molecule has 2 atom stereocenters. The van der Waals surface area contributed by atoms with Gasteiger partial charge in [-0.1, -0.05) is 30.3 Å². The van der Waals surface area contributed by atoms with E-state index in [0.717, 1.165) is 10.5 Å². The molecule has 0 spiro atoms. The molecule has 2 aliphatic rings. The predicted octanol–water partition coefficient (Wildman–Crippen LogP) is 2.30. The number of benzene rings is 2. The zero-order valence-electron chi connectivity index (χ0n) is 16.9. The van der Waals surface area contributed by atoms with Crippen molar-refractivity contribution in [2.75, 3.05) is 23.6 Å². The molecule has 154 valence electrons. The van der Waals surface area contributed by atoms with Gasteiger partial charge in [0.05, 0.1) is 25.1 Å². The molecule has 8 heteroatoms. The molecule has 1 saturated heterocycles. The van der Waals surface area contributed by atoms with Crippen LogP contribution < -0.4 is 14.6 Å². The maximum atomic E-state index is 13.5. The standard InChI is InChI=1S/C22H21N3O5/c1-4-30-22(28)18-17-19(25(23-18)14-10-6-5-9-13(14)2)21(27)24(20(17)26)15-11-7-8-12-16(15)29-3/h5-12,17,19H,4H2,1-3H3/t17-,19-/m1/s1.